The Morgan fingerprint density at radius 1 is 1.00 bits per heavy atom. The molecule has 0 atom stereocenters. The quantitative estimate of drug-likeness (QED) is 0.552. The van der Waals surface area contributed by atoms with Gasteiger partial charge in [-0.2, -0.15) is 0 Å². The number of benzene rings is 2. The van der Waals surface area contributed by atoms with Gasteiger partial charge in [-0.05, 0) is 36.4 Å². The highest BCUT2D eigenvalue weighted by molar-refractivity contribution is 6.31. The molecule has 6 nitrogen and oxygen atoms in total. The second-order valence-electron chi connectivity index (χ2n) is 5.12. The topological polar surface area (TPSA) is 86.0 Å². The van der Waals surface area contributed by atoms with Crippen molar-refractivity contribution in [2.24, 2.45) is 0 Å². The molecule has 4 N–H and O–H groups in total. The van der Waals surface area contributed by atoms with Gasteiger partial charge in [0.2, 0.25) is 0 Å². The first-order valence-electron chi connectivity index (χ1n) is 7.24. The van der Waals surface area contributed by atoms with Crippen LogP contribution in [0.2, 0.25) is 5.02 Å². The molecule has 0 bridgehead atoms. The zero-order valence-corrected chi connectivity index (χ0v) is 13.6. The molecule has 2 aromatic carbocycles. The molecule has 7 heteroatoms. The second-order valence-corrected chi connectivity index (χ2v) is 5.55. The molecule has 3 rings (SSSR count). The highest BCUT2D eigenvalue weighted by atomic mass is 35.5. The molecule has 0 fully saturated rings. The van der Waals surface area contributed by atoms with Crippen LogP contribution in [-0.4, -0.2) is 23.8 Å². The van der Waals surface area contributed by atoms with E-state index in [0.717, 1.165) is 10.9 Å². The van der Waals surface area contributed by atoms with E-state index >= 15 is 0 Å². The predicted octanol–water partition coefficient (Wildman–Crippen LogP) is 2.94. The molecule has 0 aliphatic carbocycles. The molecule has 0 aliphatic heterocycles. The fraction of sp³-hybridized carbons (Fsp3) is 0.0588. The third-order valence-corrected chi connectivity index (χ3v) is 3.79. The Hall–Kier alpha value is -2.99. The summed E-state index contributed by atoms with van der Waals surface area (Å²) in [5, 5.41) is 4.33. The number of para-hydroxylation sites is 1. The van der Waals surface area contributed by atoms with Crippen LogP contribution in [0.1, 0.15) is 20.8 Å². The minimum Gasteiger partial charge on any atom is -0.387 e. The largest absolute Gasteiger partial charge is 0.387 e. The van der Waals surface area contributed by atoms with Crippen molar-refractivity contribution < 1.29 is 9.59 Å². The fourth-order valence-electron chi connectivity index (χ4n) is 2.37. The van der Waals surface area contributed by atoms with E-state index in [2.05, 4.69) is 21.2 Å². The van der Waals surface area contributed by atoms with Crippen molar-refractivity contribution in [2.75, 3.05) is 12.4 Å². The summed E-state index contributed by atoms with van der Waals surface area (Å²) < 4.78 is 0. The van der Waals surface area contributed by atoms with Gasteiger partial charge in [-0.1, -0.05) is 23.7 Å². The molecular weight excluding hydrogens is 328 g/mol. The van der Waals surface area contributed by atoms with Gasteiger partial charge in [-0.25, -0.2) is 0 Å². The Morgan fingerprint density at radius 3 is 2.54 bits per heavy atom. The highest BCUT2D eigenvalue weighted by Gasteiger charge is 2.13. The molecule has 2 amide bonds. The fourth-order valence-corrected chi connectivity index (χ4v) is 2.55. The van der Waals surface area contributed by atoms with Gasteiger partial charge in [-0.3, -0.25) is 20.4 Å². The number of hydrogen-bond acceptors (Lipinski definition) is 3. The molecule has 1 heterocycles. The van der Waals surface area contributed by atoms with Crippen LogP contribution in [0, 0.1) is 0 Å². The summed E-state index contributed by atoms with van der Waals surface area (Å²) in [6.45, 7) is 0. The lowest BCUT2D eigenvalue weighted by Gasteiger charge is -2.10. The molecule has 1 aromatic heterocycles. The molecule has 0 saturated carbocycles. The Morgan fingerprint density at radius 2 is 1.75 bits per heavy atom. The third-order valence-electron chi connectivity index (χ3n) is 3.56. The molecule has 0 aliphatic rings. The average molecular weight is 343 g/mol. The highest BCUT2D eigenvalue weighted by Crippen LogP contribution is 2.20. The van der Waals surface area contributed by atoms with E-state index in [9.17, 15) is 9.59 Å². The maximum atomic E-state index is 12.2. The van der Waals surface area contributed by atoms with Crippen LogP contribution in [0.4, 0.5) is 5.69 Å². The Labute approximate surface area is 143 Å². The molecule has 24 heavy (non-hydrogen) atoms. The molecule has 0 radical (unpaired) electrons. The number of hydrazine groups is 1. The number of aromatic amines is 1. The third kappa shape index (κ3) is 3.18. The van der Waals surface area contributed by atoms with Gasteiger partial charge in [0.15, 0.2) is 0 Å². The van der Waals surface area contributed by atoms with E-state index in [4.69, 9.17) is 11.6 Å². The lowest BCUT2D eigenvalue weighted by molar-refractivity contribution is 0.0845. The number of fused-ring (bicyclic) bond motifs is 1. The first-order valence-corrected chi connectivity index (χ1v) is 7.62. The standard InChI is InChI=1S/C17H15ClN4O2/c1-19-14-5-3-2-4-12(14)16(23)21-22-17(24)15-9-10-8-11(18)6-7-13(10)20-15/h2-9,19-20H,1H3,(H,21,23)(H,22,24). The molecule has 3 aromatic rings. The Balaban J connectivity index is 1.71. The molecule has 0 unspecified atom stereocenters. The first kappa shape index (κ1) is 15.9. The predicted molar refractivity (Wildman–Crippen MR) is 94.2 cm³/mol. The number of aromatic nitrogens is 1. The lowest BCUT2D eigenvalue weighted by atomic mass is 10.1. The normalized spacial score (nSPS) is 10.4. The van der Waals surface area contributed by atoms with Gasteiger partial charge in [0, 0.05) is 28.7 Å². The zero-order valence-electron chi connectivity index (χ0n) is 12.8. The number of halogens is 1. The minimum atomic E-state index is -0.447. The van der Waals surface area contributed by atoms with Crippen LogP contribution in [0.15, 0.2) is 48.5 Å². The molecule has 122 valence electrons. The van der Waals surface area contributed by atoms with Crippen molar-refractivity contribution in [2.45, 2.75) is 0 Å². The van der Waals surface area contributed by atoms with Crippen molar-refractivity contribution in [3.05, 3.63) is 64.8 Å². The first-order chi connectivity index (χ1) is 11.6. The van der Waals surface area contributed by atoms with Gasteiger partial charge in [0.1, 0.15) is 5.69 Å². The number of amides is 2. The average Bonchev–Trinajstić information content (AvgIpc) is 3.02. The summed E-state index contributed by atoms with van der Waals surface area (Å²) in [7, 11) is 1.72. The van der Waals surface area contributed by atoms with Gasteiger partial charge in [-0.15, -0.1) is 0 Å². The van der Waals surface area contributed by atoms with E-state index in [-0.39, 0.29) is 0 Å². The van der Waals surface area contributed by atoms with Crippen molar-refractivity contribution in [3.8, 4) is 0 Å². The molecular formula is C17H15ClN4O2. The Bertz CT molecular complexity index is 920. The number of hydrogen-bond donors (Lipinski definition) is 4. The van der Waals surface area contributed by atoms with E-state index < -0.39 is 11.8 Å². The number of carbonyl (C=O) groups excluding carboxylic acids is 2. The number of nitrogens with one attached hydrogen (secondary N) is 4. The van der Waals surface area contributed by atoms with Crippen LogP contribution in [-0.2, 0) is 0 Å². The number of rotatable bonds is 3. The lowest BCUT2D eigenvalue weighted by Crippen LogP contribution is -2.41. The number of carbonyl (C=O) groups is 2. The van der Waals surface area contributed by atoms with E-state index in [1.807, 2.05) is 6.07 Å². The van der Waals surface area contributed by atoms with Crippen LogP contribution in [0.3, 0.4) is 0 Å². The maximum Gasteiger partial charge on any atom is 0.286 e. The maximum absolute atomic E-state index is 12.2. The van der Waals surface area contributed by atoms with E-state index in [1.165, 1.54) is 0 Å². The summed E-state index contributed by atoms with van der Waals surface area (Å²) >= 11 is 5.93. The van der Waals surface area contributed by atoms with Crippen molar-refractivity contribution in [1.82, 2.24) is 15.8 Å². The van der Waals surface area contributed by atoms with Gasteiger partial charge < -0.3 is 10.3 Å². The van der Waals surface area contributed by atoms with Crippen LogP contribution in [0.5, 0.6) is 0 Å². The van der Waals surface area contributed by atoms with E-state index in [0.29, 0.717) is 22.0 Å². The van der Waals surface area contributed by atoms with Crippen molar-refractivity contribution >= 4 is 40.0 Å². The van der Waals surface area contributed by atoms with Crippen LogP contribution in [0.25, 0.3) is 10.9 Å². The summed E-state index contributed by atoms with van der Waals surface area (Å²) in [5.41, 5.74) is 7.02. The number of H-pyrrole nitrogens is 1. The summed E-state index contributed by atoms with van der Waals surface area (Å²) in [5.74, 6) is -0.856. The minimum absolute atomic E-state index is 0.328. The van der Waals surface area contributed by atoms with E-state index in [1.54, 1.807) is 49.5 Å². The second kappa shape index (κ2) is 6.64. The van der Waals surface area contributed by atoms with Gasteiger partial charge in [0.05, 0.1) is 5.56 Å². The summed E-state index contributed by atoms with van der Waals surface area (Å²) in [6.07, 6.45) is 0. The summed E-state index contributed by atoms with van der Waals surface area (Å²) in [4.78, 5) is 27.3. The van der Waals surface area contributed by atoms with Crippen LogP contribution >= 0.6 is 11.6 Å². The molecule has 0 spiro atoms. The Kier molecular flexibility index (Phi) is 4.39. The SMILES string of the molecule is CNc1ccccc1C(=O)NNC(=O)c1cc2cc(Cl)ccc2[nH]1. The van der Waals surface area contributed by atoms with Crippen molar-refractivity contribution in [3.63, 3.8) is 0 Å². The number of anilines is 1. The monoisotopic (exact) mass is 342 g/mol. The summed E-state index contributed by atoms with van der Waals surface area (Å²) in [6, 6.07) is 14.0. The molecule has 0 saturated heterocycles. The van der Waals surface area contributed by atoms with Crippen molar-refractivity contribution in [1.29, 1.82) is 0 Å². The van der Waals surface area contributed by atoms with Gasteiger partial charge in [0.25, 0.3) is 11.8 Å². The zero-order chi connectivity index (χ0) is 17.1. The smallest absolute Gasteiger partial charge is 0.286 e. The van der Waals surface area contributed by atoms with Gasteiger partial charge >= 0.3 is 0 Å². The van der Waals surface area contributed by atoms with Crippen LogP contribution < -0.4 is 16.2 Å².